The van der Waals surface area contributed by atoms with E-state index in [2.05, 4.69) is 10.3 Å². The number of aryl methyl sites for hydroxylation is 1. The first kappa shape index (κ1) is 16.1. The number of fused-ring (bicyclic) bond motifs is 1. The minimum Gasteiger partial charge on any atom is -0.457 e. The van der Waals surface area contributed by atoms with Crippen LogP contribution in [0.2, 0.25) is 0 Å². The highest BCUT2D eigenvalue weighted by Gasteiger charge is 2.10. The number of para-hydroxylation sites is 1. The van der Waals surface area contributed by atoms with Crippen LogP contribution in [0.15, 0.2) is 48.5 Å². The Hall–Kier alpha value is -2.73. The second kappa shape index (κ2) is 7.23. The maximum atomic E-state index is 12.0. The number of nitrogens with one attached hydrogen (secondary N) is 1. The molecule has 0 radical (unpaired) electrons. The predicted molar refractivity (Wildman–Crippen MR) is 92.9 cm³/mol. The molecule has 5 nitrogen and oxygen atoms in total. The van der Waals surface area contributed by atoms with E-state index in [0.717, 1.165) is 20.8 Å². The van der Waals surface area contributed by atoms with Crippen molar-refractivity contribution >= 4 is 33.4 Å². The van der Waals surface area contributed by atoms with E-state index in [0.29, 0.717) is 5.56 Å². The highest BCUT2D eigenvalue weighted by atomic mass is 32.1. The quantitative estimate of drug-likeness (QED) is 0.725. The number of ether oxygens (including phenoxy) is 1. The lowest BCUT2D eigenvalue weighted by atomic mass is 10.1. The predicted octanol–water partition coefficient (Wildman–Crippen LogP) is 3.08. The molecule has 0 unspecified atom stereocenters. The van der Waals surface area contributed by atoms with Crippen LogP contribution in [0.1, 0.15) is 20.9 Å². The Labute approximate surface area is 143 Å². The zero-order chi connectivity index (χ0) is 16.9. The lowest BCUT2D eigenvalue weighted by Crippen LogP contribution is -2.30. The average molecular weight is 340 g/mol. The maximum Gasteiger partial charge on any atom is 0.325 e. The summed E-state index contributed by atoms with van der Waals surface area (Å²) in [5, 5.41) is 3.29. The van der Waals surface area contributed by atoms with Gasteiger partial charge in [0.25, 0.3) is 5.91 Å². The van der Waals surface area contributed by atoms with Gasteiger partial charge in [-0.25, -0.2) is 4.98 Å². The van der Waals surface area contributed by atoms with Gasteiger partial charge in [0, 0.05) is 5.56 Å². The lowest BCUT2D eigenvalue weighted by molar-refractivity contribution is -0.143. The molecule has 0 saturated heterocycles. The second-order valence-electron chi connectivity index (χ2n) is 5.29. The van der Waals surface area contributed by atoms with Crippen molar-refractivity contribution in [1.82, 2.24) is 10.3 Å². The highest BCUT2D eigenvalue weighted by Crippen LogP contribution is 2.21. The third-order valence-electron chi connectivity index (χ3n) is 3.37. The fraction of sp³-hybridized carbons (Fsp3) is 0.167. The van der Waals surface area contributed by atoms with Gasteiger partial charge in [-0.15, -0.1) is 11.3 Å². The van der Waals surface area contributed by atoms with Crippen LogP contribution in [-0.4, -0.2) is 23.4 Å². The number of rotatable bonds is 5. The Bertz CT molecular complexity index is 856. The SMILES string of the molecule is Cc1cccc(C(=O)NCC(=O)OCc2nc3ccccc3s2)c1. The van der Waals surface area contributed by atoms with Crippen LogP contribution in [0, 0.1) is 6.92 Å². The van der Waals surface area contributed by atoms with E-state index in [4.69, 9.17) is 4.74 Å². The molecule has 3 aromatic rings. The van der Waals surface area contributed by atoms with Crippen LogP contribution in [0.5, 0.6) is 0 Å². The molecule has 0 saturated carbocycles. The van der Waals surface area contributed by atoms with E-state index in [1.165, 1.54) is 11.3 Å². The molecular weight excluding hydrogens is 324 g/mol. The van der Waals surface area contributed by atoms with E-state index in [9.17, 15) is 9.59 Å². The zero-order valence-electron chi connectivity index (χ0n) is 13.1. The van der Waals surface area contributed by atoms with E-state index in [1.54, 1.807) is 18.2 Å². The number of esters is 1. The Kier molecular flexibility index (Phi) is 4.86. The largest absolute Gasteiger partial charge is 0.457 e. The van der Waals surface area contributed by atoms with Gasteiger partial charge in [-0.05, 0) is 31.2 Å². The Balaban J connectivity index is 1.49. The molecule has 0 aliphatic rings. The minimum atomic E-state index is -0.491. The fourth-order valence-electron chi connectivity index (χ4n) is 2.22. The molecule has 0 fully saturated rings. The van der Waals surface area contributed by atoms with Gasteiger partial charge in [0.05, 0.1) is 10.2 Å². The van der Waals surface area contributed by atoms with Crippen molar-refractivity contribution in [3.63, 3.8) is 0 Å². The van der Waals surface area contributed by atoms with Gasteiger partial charge < -0.3 is 10.1 Å². The molecule has 0 spiro atoms. The second-order valence-corrected chi connectivity index (χ2v) is 6.40. The Morgan fingerprint density at radius 3 is 2.79 bits per heavy atom. The summed E-state index contributed by atoms with van der Waals surface area (Å²) in [6, 6.07) is 14.9. The van der Waals surface area contributed by atoms with Crippen LogP contribution in [0.3, 0.4) is 0 Å². The molecule has 3 rings (SSSR count). The van der Waals surface area contributed by atoms with Gasteiger partial charge in [0.2, 0.25) is 0 Å². The van der Waals surface area contributed by atoms with Crippen molar-refractivity contribution in [3.05, 3.63) is 64.7 Å². The molecule has 6 heteroatoms. The van der Waals surface area contributed by atoms with Crippen LogP contribution < -0.4 is 5.32 Å². The Morgan fingerprint density at radius 2 is 2.00 bits per heavy atom. The van der Waals surface area contributed by atoms with Crippen molar-refractivity contribution in [2.45, 2.75) is 13.5 Å². The minimum absolute atomic E-state index is 0.110. The van der Waals surface area contributed by atoms with Crippen LogP contribution in [0.25, 0.3) is 10.2 Å². The molecule has 1 aromatic heterocycles. The number of aromatic nitrogens is 1. The number of amides is 1. The van der Waals surface area contributed by atoms with E-state index in [-0.39, 0.29) is 19.1 Å². The summed E-state index contributed by atoms with van der Waals surface area (Å²) in [4.78, 5) is 28.1. The van der Waals surface area contributed by atoms with Gasteiger partial charge in [-0.3, -0.25) is 9.59 Å². The number of thiazole rings is 1. The zero-order valence-corrected chi connectivity index (χ0v) is 13.9. The molecule has 0 bridgehead atoms. The number of nitrogens with zero attached hydrogens (tertiary/aromatic N) is 1. The monoisotopic (exact) mass is 340 g/mol. The first-order chi connectivity index (χ1) is 11.6. The maximum absolute atomic E-state index is 12.0. The number of hydrogen-bond donors (Lipinski definition) is 1. The summed E-state index contributed by atoms with van der Waals surface area (Å²) in [5.74, 6) is -0.786. The van der Waals surface area contributed by atoms with Gasteiger partial charge in [-0.2, -0.15) is 0 Å². The van der Waals surface area contributed by atoms with Crippen LogP contribution in [0.4, 0.5) is 0 Å². The topological polar surface area (TPSA) is 68.3 Å². The molecule has 122 valence electrons. The highest BCUT2D eigenvalue weighted by molar-refractivity contribution is 7.18. The normalized spacial score (nSPS) is 10.5. The molecular formula is C18H16N2O3S. The number of benzene rings is 2. The Morgan fingerprint density at radius 1 is 1.17 bits per heavy atom. The van der Waals surface area contributed by atoms with Crippen LogP contribution in [-0.2, 0) is 16.1 Å². The summed E-state index contributed by atoms with van der Waals surface area (Å²) in [6.07, 6.45) is 0. The van der Waals surface area contributed by atoms with Crippen molar-refractivity contribution in [3.8, 4) is 0 Å². The van der Waals surface area contributed by atoms with Crippen molar-refractivity contribution < 1.29 is 14.3 Å². The molecule has 0 aliphatic carbocycles. The van der Waals surface area contributed by atoms with Crippen molar-refractivity contribution in [1.29, 1.82) is 0 Å². The van der Waals surface area contributed by atoms with E-state index in [1.807, 2.05) is 37.3 Å². The van der Waals surface area contributed by atoms with Gasteiger partial charge in [0.1, 0.15) is 18.2 Å². The molecule has 0 atom stereocenters. The van der Waals surface area contributed by atoms with Crippen LogP contribution >= 0.6 is 11.3 Å². The first-order valence-electron chi connectivity index (χ1n) is 7.47. The van der Waals surface area contributed by atoms with E-state index >= 15 is 0 Å². The first-order valence-corrected chi connectivity index (χ1v) is 8.28. The van der Waals surface area contributed by atoms with Gasteiger partial charge in [-0.1, -0.05) is 29.8 Å². The lowest BCUT2D eigenvalue weighted by Gasteiger charge is -2.06. The average Bonchev–Trinajstić information content (AvgIpc) is 3.00. The molecule has 0 aliphatic heterocycles. The smallest absolute Gasteiger partial charge is 0.325 e. The fourth-order valence-corrected chi connectivity index (χ4v) is 3.10. The summed E-state index contributed by atoms with van der Waals surface area (Å²) >= 11 is 1.49. The summed E-state index contributed by atoms with van der Waals surface area (Å²) in [7, 11) is 0. The summed E-state index contributed by atoms with van der Waals surface area (Å²) in [5.41, 5.74) is 2.40. The van der Waals surface area contributed by atoms with Gasteiger partial charge >= 0.3 is 5.97 Å². The van der Waals surface area contributed by atoms with Gasteiger partial charge in [0.15, 0.2) is 0 Å². The third kappa shape index (κ3) is 3.97. The van der Waals surface area contributed by atoms with Crippen molar-refractivity contribution in [2.24, 2.45) is 0 Å². The summed E-state index contributed by atoms with van der Waals surface area (Å²) < 4.78 is 6.21. The third-order valence-corrected chi connectivity index (χ3v) is 4.38. The molecule has 2 aromatic carbocycles. The number of hydrogen-bond acceptors (Lipinski definition) is 5. The summed E-state index contributed by atoms with van der Waals surface area (Å²) in [6.45, 7) is 1.85. The van der Waals surface area contributed by atoms with E-state index < -0.39 is 5.97 Å². The molecule has 1 amide bonds. The molecule has 24 heavy (non-hydrogen) atoms. The standard InChI is InChI=1S/C18H16N2O3S/c1-12-5-4-6-13(9-12)18(22)19-10-17(21)23-11-16-20-14-7-2-3-8-15(14)24-16/h2-9H,10-11H2,1H3,(H,19,22). The number of carbonyl (C=O) groups is 2. The molecule has 1 N–H and O–H groups in total. The van der Waals surface area contributed by atoms with Crippen molar-refractivity contribution in [2.75, 3.05) is 6.54 Å². The number of carbonyl (C=O) groups excluding carboxylic acids is 2. The molecule has 1 heterocycles.